The Labute approximate surface area is 149 Å². The van der Waals surface area contributed by atoms with Crippen LogP contribution in [-0.4, -0.2) is 26.7 Å². The van der Waals surface area contributed by atoms with Gasteiger partial charge in [0.05, 0.1) is 17.3 Å². The molecule has 7 heteroatoms. The van der Waals surface area contributed by atoms with Crippen LogP contribution < -0.4 is 11.1 Å². The number of nitrogens with zero attached hydrogens (tertiary/aromatic N) is 2. The van der Waals surface area contributed by atoms with E-state index < -0.39 is 17.7 Å². The maximum atomic E-state index is 12.4. The minimum atomic E-state index is -0.639. The summed E-state index contributed by atoms with van der Waals surface area (Å²) in [4.78, 5) is 24.7. The minimum absolute atomic E-state index is 0.148. The SMILES string of the molecule is Nc1c2c(nn1-c1ccccc1)C(Cc1ccc(O)cc1)C(=O)NC2=O. The molecule has 1 atom stereocenters. The quantitative estimate of drug-likeness (QED) is 0.625. The third-order valence-electron chi connectivity index (χ3n) is 4.44. The molecule has 1 aliphatic heterocycles. The Morgan fingerprint density at radius 3 is 2.46 bits per heavy atom. The number of amides is 2. The number of hydrogen-bond acceptors (Lipinski definition) is 5. The summed E-state index contributed by atoms with van der Waals surface area (Å²) in [6.07, 6.45) is 0.345. The summed E-state index contributed by atoms with van der Waals surface area (Å²) in [7, 11) is 0. The Hall–Kier alpha value is -3.61. The van der Waals surface area contributed by atoms with E-state index in [1.807, 2.05) is 30.3 Å². The second-order valence-corrected chi connectivity index (χ2v) is 6.13. The maximum Gasteiger partial charge on any atom is 0.263 e. The van der Waals surface area contributed by atoms with Gasteiger partial charge in [-0.25, -0.2) is 4.68 Å². The van der Waals surface area contributed by atoms with Crippen LogP contribution in [0.25, 0.3) is 5.69 Å². The van der Waals surface area contributed by atoms with Crippen molar-refractivity contribution in [3.05, 3.63) is 71.4 Å². The Morgan fingerprint density at radius 1 is 1.08 bits per heavy atom. The Morgan fingerprint density at radius 2 is 1.77 bits per heavy atom. The molecule has 2 aromatic carbocycles. The number of phenolic OH excluding ortho intramolecular Hbond substituents is 1. The predicted octanol–water partition coefficient (Wildman–Crippen LogP) is 1.76. The van der Waals surface area contributed by atoms with Gasteiger partial charge in [-0.3, -0.25) is 14.9 Å². The van der Waals surface area contributed by atoms with Gasteiger partial charge < -0.3 is 10.8 Å². The maximum absolute atomic E-state index is 12.4. The average Bonchev–Trinajstić information content (AvgIpc) is 2.99. The van der Waals surface area contributed by atoms with Crippen LogP contribution in [-0.2, 0) is 11.2 Å². The molecular formula is C19H16N4O3. The summed E-state index contributed by atoms with van der Waals surface area (Å²) in [5.41, 5.74) is 8.32. The highest BCUT2D eigenvalue weighted by Gasteiger charge is 2.38. The molecular weight excluding hydrogens is 332 g/mol. The van der Waals surface area contributed by atoms with Gasteiger partial charge >= 0.3 is 0 Å². The molecule has 2 heterocycles. The number of nitrogens with two attached hydrogens (primary N) is 1. The molecule has 0 saturated carbocycles. The minimum Gasteiger partial charge on any atom is -0.508 e. The number of carbonyl (C=O) groups is 2. The number of aromatic hydroxyl groups is 1. The predicted molar refractivity (Wildman–Crippen MR) is 95.0 cm³/mol. The fourth-order valence-corrected chi connectivity index (χ4v) is 3.13. The number of anilines is 1. The third kappa shape index (κ3) is 2.59. The molecule has 4 N–H and O–H groups in total. The lowest BCUT2D eigenvalue weighted by Crippen LogP contribution is -2.41. The summed E-state index contributed by atoms with van der Waals surface area (Å²) < 4.78 is 1.48. The number of imide groups is 1. The van der Waals surface area contributed by atoms with Gasteiger partial charge in [0, 0.05) is 0 Å². The smallest absolute Gasteiger partial charge is 0.263 e. The first-order valence-corrected chi connectivity index (χ1v) is 8.11. The first-order chi connectivity index (χ1) is 12.5. The first kappa shape index (κ1) is 15.9. The van der Waals surface area contributed by atoms with Crippen molar-refractivity contribution in [2.45, 2.75) is 12.3 Å². The second kappa shape index (κ2) is 6.03. The first-order valence-electron chi connectivity index (χ1n) is 8.11. The van der Waals surface area contributed by atoms with E-state index >= 15 is 0 Å². The van der Waals surface area contributed by atoms with Crippen molar-refractivity contribution in [1.82, 2.24) is 15.1 Å². The highest BCUT2D eigenvalue weighted by atomic mass is 16.3. The molecule has 3 aromatic rings. The zero-order valence-electron chi connectivity index (χ0n) is 13.7. The average molecular weight is 348 g/mol. The number of benzene rings is 2. The summed E-state index contributed by atoms with van der Waals surface area (Å²) in [6, 6.07) is 15.8. The van der Waals surface area contributed by atoms with Crippen LogP contribution in [0.3, 0.4) is 0 Å². The fourth-order valence-electron chi connectivity index (χ4n) is 3.13. The molecule has 1 unspecified atom stereocenters. The summed E-state index contributed by atoms with van der Waals surface area (Å²) in [5.74, 6) is -1.23. The van der Waals surface area contributed by atoms with E-state index in [2.05, 4.69) is 10.4 Å². The monoisotopic (exact) mass is 348 g/mol. The van der Waals surface area contributed by atoms with Gasteiger partial charge in [-0.1, -0.05) is 30.3 Å². The van der Waals surface area contributed by atoms with Crippen molar-refractivity contribution in [3.63, 3.8) is 0 Å². The van der Waals surface area contributed by atoms with E-state index in [4.69, 9.17) is 5.73 Å². The van der Waals surface area contributed by atoms with Crippen molar-refractivity contribution in [2.75, 3.05) is 5.73 Å². The van der Waals surface area contributed by atoms with Crippen LogP contribution in [0.4, 0.5) is 5.82 Å². The Bertz CT molecular complexity index is 994. The number of aromatic nitrogens is 2. The van der Waals surface area contributed by atoms with Crippen molar-refractivity contribution < 1.29 is 14.7 Å². The van der Waals surface area contributed by atoms with Gasteiger partial charge in [0.15, 0.2) is 0 Å². The zero-order valence-corrected chi connectivity index (χ0v) is 13.7. The largest absolute Gasteiger partial charge is 0.508 e. The lowest BCUT2D eigenvalue weighted by molar-refractivity contribution is -0.122. The van der Waals surface area contributed by atoms with Crippen LogP contribution in [0, 0.1) is 0 Å². The number of nitrogens with one attached hydrogen (secondary N) is 1. The van der Waals surface area contributed by atoms with Crippen LogP contribution in [0.1, 0.15) is 27.5 Å². The lowest BCUT2D eigenvalue weighted by Gasteiger charge is -2.20. The van der Waals surface area contributed by atoms with Crippen molar-refractivity contribution in [2.24, 2.45) is 0 Å². The molecule has 7 nitrogen and oxygen atoms in total. The number of nitrogen functional groups attached to an aromatic ring is 1. The lowest BCUT2D eigenvalue weighted by atomic mass is 9.90. The Balaban J connectivity index is 1.79. The molecule has 2 amide bonds. The number of para-hydroxylation sites is 1. The van der Waals surface area contributed by atoms with Gasteiger partial charge in [0.1, 0.15) is 17.1 Å². The van der Waals surface area contributed by atoms with E-state index in [9.17, 15) is 14.7 Å². The standard InChI is InChI=1S/C19H16N4O3/c20-17-15-16(22-23(17)12-4-2-1-3-5-12)14(18(25)21-19(15)26)10-11-6-8-13(24)9-7-11/h1-9,14,24H,10,20H2,(H,21,25,26). The highest BCUT2D eigenvalue weighted by molar-refractivity contribution is 6.13. The van der Waals surface area contributed by atoms with Crippen molar-refractivity contribution in [1.29, 1.82) is 0 Å². The van der Waals surface area contributed by atoms with E-state index in [0.717, 1.165) is 5.56 Å². The van der Waals surface area contributed by atoms with Gasteiger partial charge in [0.25, 0.3) is 5.91 Å². The van der Waals surface area contributed by atoms with Crippen molar-refractivity contribution in [3.8, 4) is 11.4 Å². The van der Waals surface area contributed by atoms with E-state index in [0.29, 0.717) is 17.8 Å². The van der Waals surface area contributed by atoms with E-state index in [1.165, 1.54) is 4.68 Å². The van der Waals surface area contributed by atoms with Gasteiger partial charge in [-0.15, -0.1) is 0 Å². The van der Waals surface area contributed by atoms with Gasteiger partial charge in [-0.05, 0) is 36.2 Å². The number of carbonyl (C=O) groups excluding carboxylic acids is 2. The van der Waals surface area contributed by atoms with E-state index in [1.54, 1.807) is 24.3 Å². The zero-order chi connectivity index (χ0) is 18.3. The van der Waals surface area contributed by atoms with E-state index in [-0.39, 0.29) is 17.1 Å². The molecule has 130 valence electrons. The molecule has 1 aliphatic rings. The number of phenols is 1. The summed E-state index contributed by atoms with van der Waals surface area (Å²) in [5, 5.41) is 16.3. The number of fused-ring (bicyclic) bond motifs is 1. The van der Waals surface area contributed by atoms with Crippen molar-refractivity contribution >= 4 is 17.6 Å². The molecule has 0 bridgehead atoms. The summed E-state index contributed by atoms with van der Waals surface area (Å²) >= 11 is 0. The highest BCUT2D eigenvalue weighted by Crippen LogP contribution is 2.32. The summed E-state index contributed by atoms with van der Waals surface area (Å²) in [6.45, 7) is 0. The Kier molecular flexibility index (Phi) is 3.69. The normalized spacial score (nSPS) is 16.2. The fraction of sp³-hybridized carbons (Fsp3) is 0.105. The topological polar surface area (TPSA) is 110 Å². The number of rotatable bonds is 3. The second-order valence-electron chi connectivity index (χ2n) is 6.13. The molecule has 1 aromatic heterocycles. The molecule has 4 rings (SSSR count). The van der Waals surface area contributed by atoms with Gasteiger partial charge in [-0.2, -0.15) is 5.10 Å². The molecule has 0 radical (unpaired) electrons. The van der Waals surface area contributed by atoms with Crippen LogP contribution in [0.15, 0.2) is 54.6 Å². The van der Waals surface area contributed by atoms with Crippen LogP contribution in [0.2, 0.25) is 0 Å². The van der Waals surface area contributed by atoms with Crippen LogP contribution in [0.5, 0.6) is 5.75 Å². The molecule has 0 saturated heterocycles. The molecule has 0 aliphatic carbocycles. The van der Waals surface area contributed by atoms with Gasteiger partial charge in [0.2, 0.25) is 5.91 Å². The van der Waals surface area contributed by atoms with Crippen LogP contribution >= 0.6 is 0 Å². The third-order valence-corrected chi connectivity index (χ3v) is 4.44. The molecule has 0 fully saturated rings. The molecule has 0 spiro atoms. The number of hydrogen-bond donors (Lipinski definition) is 3. The molecule has 26 heavy (non-hydrogen) atoms.